The summed E-state index contributed by atoms with van der Waals surface area (Å²) in [5.74, 6) is -0.406. The van der Waals surface area contributed by atoms with Crippen molar-refractivity contribution in [2.75, 3.05) is 17.2 Å². The highest BCUT2D eigenvalue weighted by atomic mass is 35.5. The van der Waals surface area contributed by atoms with E-state index >= 15 is 0 Å². The molecule has 5 nitrogen and oxygen atoms in total. The molecule has 0 atom stereocenters. The first-order valence-corrected chi connectivity index (χ1v) is 9.19. The molecule has 0 saturated heterocycles. The maximum absolute atomic E-state index is 12.3. The van der Waals surface area contributed by atoms with E-state index in [1.165, 1.54) is 0 Å². The first-order valence-electron chi connectivity index (χ1n) is 8.81. The number of halogens is 1. The molecule has 0 fully saturated rings. The van der Waals surface area contributed by atoms with Crippen LogP contribution in [-0.4, -0.2) is 18.4 Å². The van der Waals surface area contributed by atoms with Crippen molar-refractivity contribution in [3.63, 3.8) is 0 Å². The lowest BCUT2D eigenvalue weighted by Gasteiger charge is -2.10. The van der Waals surface area contributed by atoms with Crippen LogP contribution in [0.5, 0.6) is 0 Å². The lowest BCUT2D eigenvalue weighted by Crippen LogP contribution is -2.24. The van der Waals surface area contributed by atoms with Gasteiger partial charge in [-0.25, -0.2) is 0 Å². The van der Waals surface area contributed by atoms with Gasteiger partial charge in [0.1, 0.15) is 0 Å². The van der Waals surface area contributed by atoms with Crippen LogP contribution in [0.2, 0.25) is 5.02 Å². The average molecular weight is 394 g/mol. The summed E-state index contributed by atoms with van der Waals surface area (Å²) >= 11 is 5.84. The van der Waals surface area contributed by atoms with Crippen LogP contribution >= 0.6 is 11.6 Å². The smallest absolute Gasteiger partial charge is 0.251 e. The third-order valence-electron chi connectivity index (χ3n) is 4.00. The van der Waals surface area contributed by atoms with Gasteiger partial charge in [-0.15, -0.1) is 0 Å². The molecule has 0 aromatic heterocycles. The number of rotatable bonds is 7. The van der Waals surface area contributed by atoms with Crippen LogP contribution in [0.1, 0.15) is 15.9 Å². The molecule has 0 radical (unpaired) electrons. The molecule has 0 spiro atoms. The Morgan fingerprint density at radius 3 is 2.32 bits per heavy atom. The van der Waals surface area contributed by atoms with Crippen LogP contribution in [0.4, 0.5) is 11.4 Å². The summed E-state index contributed by atoms with van der Waals surface area (Å²) in [6.07, 6.45) is 0. The summed E-state index contributed by atoms with van der Waals surface area (Å²) in [5.41, 5.74) is 2.87. The fourth-order valence-electron chi connectivity index (χ4n) is 2.57. The Labute approximate surface area is 168 Å². The molecule has 0 unspecified atom stereocenters. The molecule has 142 valence electrons. The van der Waals surface area contributed by atoms with Crippen LogP contribution in [0.3, 0.4) is 0 Å². The van der Waals surface area contributed by atoms with Gasteiger partial charge in [-0.05, 0) is 48.0 Å². The number of nitrogens with one attached hydrogen (secondary N) is 3. The number of benzene rings is 3. The molecular formula is C22H20ClN3O2. The molecule has 3 rings (SSSR count). The van der Waals surface area contributed by atoms with E-state index in [4.69, 9.17) is 11.6 Å². The Kier molecular flexibility index (Phi) is 6.65. The Morgan fingerprint density at radius 2 is 1.57 bits per heavy atom. The van der Waals surface area contributed by atoms with Crippen molar-refractivity contribution in [1.82, 2.24) is 5.32 Å². The van der Waals surface area contributed by atoms with Crippen molar-refractivity contribution in [2.24, 2.45) is 0 Å². The lowest BCUT2D eigenvalue weighted by molar-refractivity contribution is -0.114. The molecule has 0 heterocycles. The van der Waals surface area contributed by atoms with Crippen LogP contribution in [0, 0.1) is 0 Å². The zero-order chi connectivity index (χ0) is 19.8. The fraction of sp³-hybridized carbons (Fsp3) is 0.0909. The zero-order valence-corrected chi connectivity index (χ0v) is 15.9. The molecule has 0 aliphatic heterocycles. The van der Waals surface area contributed by atoms with Gasteiger partial charge in [-0.3, -0.25) is 9.59 Å². The predicted molar refractivity (Wildman–Crippen MR) is 113 cm³/mol. The minimum atomic E-state index is -0.211. The van der Waals surface area contributed by atoms with Gasteiger partial charge in [-0.2, -0.15) is 0 Å². The Bertz CT molecular complexity index is 944. The number of carbonyl (C=O) groups excluding carboxylic acids is 2. The van der Waals surface area contributed by atoms with Gasteiger partial charge in [0, 0.05) is 28.5 Å². The number of anilines is 2. The fourth-order valence-corrected chi connectivity index (χ4v) is 2.70. The number of hydrogen-bond donors (Lipinski definition) is 3. The molecule has 0 bridgehead atoms. The highest BCUT2D eigenvalue weighted by Gasteiger charge is 2.08. The topological polar surface area (TPSA) is 70.2 Å². The van der Waals surface area contributed by atoms with E-state index in [0.29, 0.717) is 22.8 Å². The van der Waals surface area contributed by atoms with Crippen molar-refractivity contribution in [2.45, 2.75) is 6.54 Å². The summed E-state index contributed by atoms with van der Waals surface area (Å²) in [6.45, 7) is 0.549. The van der Waals surface area contributed by atoms with E-state index in [1.54, 1.807) is 48.5 Å². The summed E-state index contributed by atoms with van der Waals surface area (Å²) in [6, 6.07) is 23.6. The molecule has 0 saturated carbocycles. The van der Waals surface area contributed by atoms with E-state index in [-0.39, 0.29) is 18.4 Å². The Hall–Kier alpha value is -3.31. The van der Waals surface area contributed by atoms with Crippen molar-refractivity contribution in [1.29, 1.82) is 0 Å². The molecule has 3 N–H and O–H groups in total. The van der Waals surface area contributed by atoms with Crippen molar-refractivity contribution >= 4 is 34.8 Å². The molecular weight excluding hydrogens is 374 g/mol. The maximum Gasteiger partial charge on any atom is 0.251 e. The zero-order valence-electron chi connectivity index (χ0n) is 15.1. The monoisotopic (exact) mass is 393 g/mol. The van der Waals surface area contributed by atoms with Crippen molar-refractivity contribution in [3.05, 3.63) is 95.0 Å². The van der Waals surface area contributed by atoms with Gasteiger partial charge in [0.15, 0.2) is 0 Å². The highest BCUT2D eigenvalue weighted by molar-refractivity contribution is 6.30. The van der Waals surface area contributed by atoms with Gasteiger partial charge >= 0.3 is 0 Å². The lowest BCUT2D eigenvalue weighted by atomic mass is 10.1. The van der Waals surface area contributed by atoms with Gasteiger partial charge in [0.2, 0.25) is 5.91 Å². The summed E-state index contributed by atoms with van der Waals surface area (Å²) in [7, 11) is 0. The van der Waals surface area contributed by atoms with E-state index in [9.17, 15) is 9.59 Å². The average Bonchev–Trinajstić information content (AvgIpc) is 2.72. The molecule has 2 amide bonds. The van der Waals surface area contributed by atoms with Crippen LogP contribution < -0.4 is 16.0 Å². The second-order valence-corrected chi connectivity index (χ2v) is 6.59. The normalized spacial score (nSPS) is 10.2. The van der Waals surface area contributed by atoms with Gasteiger partial charge in [-0.1, -0.05) is 48.0 Å². The second-order valence-electron chi connectivity index (χ2n) is 6.16. The summed E-state index contributed by atoms with van der Waals surface area (Å²) in [5, 5.41) is 9.31. The highest BCUT2D eigenvalue weighted by Crippen LogP contribution is 2.14. The largest absolute Gasteiger partial charge is 0.376 e. The number of hydrogen-bond acceptors (Lipinski definition) is 3. The number of amides is 2. The number of carbonyl (C=O) groups is 2. The van der Waals surface area contributed by atoms with E-state index in [1.807, 2.05) is 30.3 Å². The van der Waals surface area contributed by atoms with Crippen molar-refractivity contribution < 1.29 is 9.59 Å². The molecule has 6 heteroatoms. The minimum Gasteiger partial charge on any atom is -0.376 e. The first-order chi connectivity index (χ1) is 13.6. The molecule has 0 aliphatic carbocycles. The Morgan fingerprint density at radius 1 is 0.821 bits per heavy atom. The van der Waals surface area contributed by atoms with Gasteiger partial charge in [0.05, 0.1) is 6.54 Å². The van der Waals surface area contributed by atoms with Crippen LogP contribution in [0.25, 0.3) is 0 Å². The van der Waals surface area contributed by atoms with E-state index in [0.717, 1.165) is 11.3 Å². The minimum absolute atomic E-state index is 0.103. The van der Waals surface area contributed by atoms with Gasteiger partial charge in [0.25, 0.3) is 5.91 Å². The van der Waals surface area contributed by atoms with Crippen LogP contribution in [0.15, 0.2) is 78.9 Å². The van der Waals surface area contributed by atoms with Crippen LogP contribution in [-0.2, 0) is 11.3 Å². The quantitative estimate of drug-likeness (QED) is 0.559. The first kappa shape index (κ1) is 19.5. The van der Waals surface area contributed by atoms with Gasteiger partial charge < -0.3 is 16.0 Å². The summed E-state index contributed by atoms with van der Waals surface area (Å²) in [4.78, 5) is 24.5. The Balaban J connectivity index is 1.52. The molecule has 0 aliphatic rings. The molecule has 3 aromatic rings. The van der Waals surface area contributed by atoms with E-state index < -0.39 is 0 Å². The molecule has 28 heavy (non-hydrogen) atoms. The second kappa shape index (κ2) is 9.58. The van der Waals surface area contributed by atoms with Crippen molar-refractivity contribution in [3.8, 4) is 0 Å². The molecule has 3 aromatic carbocycles. The standard InChI is InChI=1S/C22H20ClN3O2/c23-18-9-11-19(12-10-18)24-15-21(27)26-20-8-4-7-17(13-20)22(28)25-14-16-5-2-1-3-6-16/h1-13,24H,14-15H2,(H,25,28)(H,26,27). The third-order valence-corrected chi connectivity index (χ3v) is 4.25. The SMILES string of the molecule is O=C(CNc1ccc(Cl)cc1)Nc1cccc(C(=O)NCc2ccccc2)c1. The summed E-state index contributed by atoms with van der Waals surface area (Å²) < 4.78 is 0. The third kappa shape index (κ3) is 5.86. The maximum atomic E-state index is 12.3. The predicted octanol–water partition coefficient (Wildman–Crippen LogP) is 4.32. The van der Waals surface area contributed by atoms with E-state index in [2.05, 4.69) is 16.0 Å².